The molecule has 4 heteroatoms. The topological polar surface area (TPSA) is 45.2 Å². The van der Waals surface area contributed by atoms with Gasteiger partial charge in [-0.25, -0.2) is 0 Å². The van der Waals surface area contributed by atoms with Crippen LogP contribution in [0.25, 0.3) is 0 Å². The molecule has 0 aliphatic heterocycles. The fraction of sp³-hybridized carbons (Fsp3) is 0.267. The largest absolute Gasteiger partial charge is 0.508 e. The van der Waals surface area contributed by atoms with Gasteiger partial charge in [0.1, 0.15) is 5.75 Å². The predicted octanol–water partition coefficient (Wildman–Crippen LogP) is 3.79. The van der Waals surface area contributed by atoms with Crippen molar-refractivity contribution in [1.82, 2.24) is 10.3 Å². The first-order chi connectivity index (χ1) is 9.20. The van der Waals surface area contributed by atoms with Gasteiger partial charge >= 0.3 is 0 Å². The minimum Gasteiger partial charge on any atom is -0.508 e. The van der Waals surface area contributed by atoms with E-state index in [1.54, 1.807) is 12.3 Å². The van der Waals surface area contributed by atoms with Crippen LogP contribution in [0, 0.1) is 0 Å². The Kier molecular flexibility index (Phi) is 4.93. The van der Waals surface area contributed by atoms with Crippen molar-refractivity contribution in [3.8, 4) is 5.75 Å². The molecule has 0 aliphatic rings. The summed E-state index contributed by atoms with van der Waals surface area (Å²) >= 11 is 3.44. The molecule has 0 bridgehead atoms. The van der Waals surface area contributed by atoms with Crippen LogP contribution in [0.5, 0.6) is 5.75 Å². The molecular formula is C15H17BrN2O. The van der Waals surface area contributed by atoms with Gasteiger partial charge in [0.05, 0.1) is 5.69 Å². The number of halogens is 1. The number of phenols is 1. The van der Waals surface area contributed by atoms with Gasteiger partial charge in [0.2, 0.25) is 0 Å². The normalized spacial score (nSPS) is 12.3. The van der Waals surface area contributed by atoms with E-state index in [9.17, 15) is 5.11 Å². The van der Waals surface area contributed by atoms with E-state index < -0.39 is 0 Å². The first-order valence-electron chi connectivity index (χ1n) is 6.32. The molecule has 1 unspecified atom stereocenters. The van der Waals surface area contributed by atoms with Gasteiger partial charge in [-0.15, -0.1) is 0 Å². The lowest BCUT2D eigenvalue weighted by atomic mass is 10.0. The third-order valence-corrected chi connectivity index (χ3v) is 3.52. The first-order valence-corrected chi connectivity index (χ1v) is 7.11. The van der Waals surface area contributed by atoms with Crippen molar-refractivity contribution < 1.29 is 5.11 Å². The summed E-state index contributed by atoms with van der Waals surface area (Å²) in [5.74, 6) is 0.323. The summed E-state index contributed by atoms with van der Waals surface area (Å²) in [6, 6.07) is 11.5. The Hall–Kier alpha value is -1.39. The van der Waals surface area contributed by atoms with Gasteiger partial charge in [0.25, 0.3) is 0 Å². The lowest BCUT2D eigenvalue weighted by Crippen LogP contribution is -2.20. The van der Waals surface area contributed by atoms with E-state index >= 15 is 0 Å². The molecule has 1 aromatic carbocycles. The van der Waals surface area contributed by atoms with E-state index in [-0.39, 0.29) is 6.04 Å². The Bertz CT molecular complexity index is 531. The smallest absolute Gasteiger partial charge is 0.120 e. The van der Waals surface area contributed by atoms with Crippen molar-refractivity contribution >= 4 is 15.9 Å². The summed E-state index contributed by atoms with van der Waals surface area (Å²) in [7, 11) is 0. The zero-order valence-corrected chi connectivity index (χ0v) is 12.4. The maximum absolute atomic E-state index is 9.96. The number of hydrogen-bond donors (Lipinski definition) is 2. The molecule has 0 saturated heterocycles. The highest BCUT2D eigenvalue weighted by Crippen LogP contribution is 2.29. The molecular weight excluding hydrogens is 304 g/mol. The molecule has 3 nitrogen and oxygen atoms in total. The van der Waals surface area contributed by atoms with E-state index in [2.05, 4.69) is 33.2 Å². The zero-order valence-electron chi connectivity index (χ0n) is 10.8. The third-order valence-electron chi connectivity index (χ3n) is 3.03. The van der Waals surface area contributed by atoms with Crippen molar-refractivity contribution in [1.29, 1.82) is 0 Å². The molecule has 100 valence electrons. The Labute approximate surface area is 121 Å². The Balaban J connectivity index is 2.10. The highest BCUT2D eigenvalue weighted by molar-refractivity contribution is 9.10. The van der Waals surface area contributed by atoms with Crippen LogP contribution in [0.3, 0.4) is 0 Å². The molecule has 0 saturated carbocycles. The van der Waals surface area contributed by atoms with Crippen molar-refractivity contribution in [2.45, 2.75) is 25.9 Å². The molecule has 19 heavy (non-hydrogen) atoms. The fourth-order valence-corrected chi connectivity index (χ4v) is 2.39. The summed E-state index contributed by atoms with van der Waals surface area (Å²) in [6.45, 7) is 2.78. The highest BCUT2D eigenvalue weighted by atomic mass is 79.9. The number of pyridine rings is 1. The molecule has 1 atom stereocenters. The number of phenolic OH excluding ortho intramolecular Hbond substituents is 1. The molecule has 0 aliphatic carbocycles. The quantitative estimate of drug-likeness (QED) is 0.881. The molecule has 1 heterocycles. The van der Waals surface area contributed by atoms with E-state index in [4.69, 9.17) is 0 Å². The van der Waals surface area contributed by atoms with Crippen LogP contribution in [0.4, 0.5) is 0 Å². The second kappa shape index (κ2) is 6.68. The van der Waals surface area contributed by atoms with Crippen LogP contribution in [0.2, 0.25) is 0 Å². The average molecular weight is 321 g/mol. The Morgan fingerprint density at radius 1 is 1.32 bits per heavy atom. The summed E-state index contributed by atoms with van der Waals surface area (Å²) in [5, 5.41) is 13.4. The van der Waals surface area contributed by atoms with Gasteiger partial charge in [-0.1, -0.05) is 28.9 Å². The van der Waals surface area contributed by atoms with Crippen molar-refractivity contribution in [2.75, 3.05) is 0 Å². The van der Waals surface area contributed by atoms with Gasteiger partial charge in [-0.05, 0) is 36.8 Å². The minimum absolute atomic E-state index is 0.111. The monoisotopic (exact) mass is 320 g/mol. The Morgan fingerprint density at radius 2 is 2.16 bits per heavy atom. The SMILES string of the molecule is CCC(NCc1ccccn1)c1cc(Br)ccc1O. The van der Waals surface area contributed by atoms with Gasteiger partial charge < -0.3 is 10.4 Å². The minimum atomic E-state index is 0.111. The third kappa shape index (κ3) is 3.78. The maximum Gasteiger partial charge on any atom is 0.120 e. The van der Waals surface area contributed by atoms with E-state index in [1.807, 2.05) is 30.3 Å². The first kappa shape index (κ1) is 14.0. The lowest BCUT2D eigenvalue weighted by molar-refractivity contribution is 0.439. The van der Waals surface area contributed by atoms with Gasteiger partial charge in [-0.3, -0.25) is 4.98 Å². The van der Waals surface area contributed by atoms with Crippen molar-refractivity contribution in [3.05, 3.63) is 58.3 Å². The fourth-order valence-electron chi connectivity index (χ4n) is 2.01. The second-order valence-corrected chi connectivity index (χ2v) is 5.28. The molecule has 2 N–H and O–H groups in total. The number of benzene rings is 1. The van der Waals surface area contributed by atoms with Crippen LogP contribution in [0.15, 0.2) is 47.1 Å². The van der Waals surface area contributed by atoms with E-state index in [0.717, 1.165) is 22.2 Å². The lowest BCUT2D eigenvalue weighted by Gasteiger charge is -2.18. The van der Waals surface area contributed by atoms with Crippen molar-refractivity contribution in [2.24, 2.45) is 0 Å². The van der Waals surface area contributed by atoms with Crippen LogP contribution in [-0.2, 0) is 6.54 Å². The van der Waals surface area contributed by atoms with Gasteiger partial charge in [0.15, 0.2) is 0 Å². The van der Waals surface area contributed by atoms with Gasteiger partial charge in [0, 0.05) is 28.8 Å². The summed E-state index contributed by atoms with van der Waals surface area (Å²) in [4.78, 5) is 4.28. The van der Waals surface area contributed by atoms with E-state index in [0.29, 0.717) is 12.3 Å². The molecule has 2 aromatic rings. The number of rotatable bonds is 5. The van der Waals surface area contributed by atoms with Gasteiger partial charge in [-0.2, -0.15) is 0 Å². The maximum atomic E-state index is 9.96. The van der Waals surface area contributed by atoms with Crippen LogP contribution in [-0.4, -0.2) is 10.1 Å². The molecule has 1 aromatic heterocycles. The molecule has 0 fully saturated rings. The van der Waals surface area contributed by atoms with E-state index in [1.165, 1.54) is 0 Å². The standard InChI is InChI=1S/C15H17BrN2O/c1-2-14(13-9-11(16)6-7-15(13)19)18-10-12-5-3-4-8-17-12/h3-9,14,18-19H,2,10H2,1H3. The zero-order chi connectivity index (χ0) is 13.7. The number of hydrogen-bond acceptors (Lipinski definition) is 3. The number of aromatic hydroxyl groups is 1. The highest BCUT2D eigenvalue weighted by Gasteiger charge is 2.13. The molecule has 0 amide bonds. The molecule has 0 radical (unpaired) electrons. The Morgan fingerprint density at radius 3 is 2.84 bits per heavy atom. The van der Waals surface area contributed by atoms with Crippen LogP contribution >= 0.6 is 15.9 Å². The molecule has 2 rings (SSSR count). The average Bonchev–Trinajstić information content (AvgIpc) is 2.44. The van der Waals surface area contributed by atoms with Crippen LogP contribution in [0.1, 0.15) is 30.6 Å². The number of aromatic nitrogens is 1. The predicted molar refractivity (Wildman–Crippen MR) is 79.9 cm³/mol. The van der Waals surface area contributed by atoms with Crippen molar-refractivity contribution in [3.63, 3.8) is 0 Å². The number of nitrogens with zero attached hydrogens (tertiary/aromatic N) is 1. The summed E-state index contributed by atoms with van der Waals surface area (Å²) < 4.78 is 0.971. The molecule has 0 spiro atoms. The summed E-state index contributed by atoms with van der Waals surface area (Å²) in [5.41, 5.74) is 1.91. The van der Waals surface area contributed by atoms with Crippen LogP contribution < -0.4 is 5.32 Å². The summed E-state index contributed by atoms with van der Waals surface area (Å²) in [6.07, 6.45) is 2.69. The number of nitrogens with one attached hydrogen (secondary N) is 1. The second-order valence-electron chi connectivity index (χ2n) is 4.37.